The smallest absolute Gasteiger partial charge is 0.255 e. The molecule has 8 nitrogen and oxygen atoms in total. The second-order valence-electron chi connectivity index (χ2n) is 7.18. The molecule has 1 saturated heterocycles. The van der Waals surface area contributed by atoms with Gasteiger partial charge in [-0.2, -0.15) is 0 Å². The summed E-state index contributed by atoms with van der Waals surface area (Å²) in [6, 6.07) is 18.2. The van der Waals surface area contributed by atoms with Gasteiger partial charge in [-0.1, -0.05) is 11.6 Å². The Morgan fingerprint density at radius 1 is 0.970 bits per heavy atom. The third-order valence-electron chi connectivity index (χ3n) is 4.92. The van der Waals surface area contributed by atoms with Crippen LogP contribution in [-0.2, 0) is 9.59 Å². The molecular formula is C24H20ClN3O5. The second-order valence-corrected chi connectivity index (χ2v) is 7.62. The third-order valence-corrected chi connectivity index (χ3v) is 5.15. The van der Waals surface area contributed by atoms with Crippen molar-refractivity contribution in [3.8, 4) is 17.2 Å². The minimum atomic E-state index is -0.391. The normalized spacial score (nSPS) is 13.3. The highest BCUT2D eigenvalue weighted by atomic mass is 35.5. The maximum absolute atomic E-state index is 12.8. The maximum atomic E-state index is 12.8. The number of halogens is 1. The molecule has 0 bridgehead atoms. The minimum absolute atomic E-state index is 0.139. The van der Waals surface area contributed by atoms with Crippen LogP contribution >= 0.6 is 11.6 Å². The molecule has 0 radical (unpaired) electrons. The highest BCUT2D eigenvalue weighted by Gasteiger charge is 2.24. The lowest BCUT2D eigenvalue weighted by Gasteiger charge is -2.27. The number of nitrogens with one attached hydrogen (secondary N) is 2. The molecule has 168 valence electrons. The zero-order valence-corrected chi connectivity index (χ0v) is 18.4. The zero-order valence-electron chi connectivity index (χ0n) is 17.6. The van der Waals surface area contributed by atoms with Crippen molar-refractivity contribution in [1.29, 1.82) is 0 Å². The molecule has 0 aliphatic carbocycles. The van der Waals surface area contributed by atoms with Gasteiger partial charge in [0.05, 0.1) is 18.5 Å². The summed E-state index contributed by atoms with van der Waals surface area (Å²) in [5.41, 5.74) is 3.73. The number of carbonyl (C=O) groups is 3. The molecule has 2 N–H and O–H groups in total. The SMILES string of the molecule is COc1ccc(Oc2ccc(Cl)cc2NC(=O)c2ccc(N3NC(=O)CCC3=O)cc2)cc1. The van der Waals surface area contributed by atoms with Crippen LogP contribution < -0.4 is 25.2 Å². The molecule has 0 saturated carbocycles. The summed E-state index contributed by atoms with van der Waals surface area (Å²) >= 11 is 6.13. The average molecular weight is 466 g/mol. The number of nitrogens with zero attached hydrogens (tertiary/aromatic N) is 1. The summed E-state index contributed by atoms with van der Waals surface area (Å²) in [5, 5.41) is 4.42. The summed E-state index contributed by atoms with van der Waals surface area (Å²) in [4.78, 5) is 36.5. The van der Waals surface area contributed by atoms with Crippen molar-refractivity contribution in [2.75, 3.05) is 17.4 Å². The van der Waals surface area contributed by atoms with Crippen molar-refractivity contribution in [2.45, 2.75) is 12.8 Å². The average Bonchev–Trinajstić information content (AvgIpc) is 2.83. The number of benzene rings is 3. The lowest BCUT2D eigenvalue weighted by Crippen LogP contribution is -2.50. The van der Waals surface area contributed by atoms with Gasteiger partial charge in [0.15, 0.2) is 5.75 Å². The molecule has 0 spiro atoms. The van der Waals surface area contributed by atoms with E-state index in [2.05, 4.69) is 10.7 Å². The first-order valence-corrected chi connectivity index (χ1v) is 10.5. The van der Waals surface area contributed by atoms with E-state index in [1.165, 1.54) is 5.01 Å². The number of hydrogen-bond donors (Lipinski definition) is 2. The molecule has 0 aromatic heterocycles. The molecular weight excluding hydrogens is 446 g/mol. The molecule has 3 aromatic carbocycles. The van der Waals surface area contributed by atoms with Gasteiger partial charge in [0.25, 0.3) is 5.91 Å². The van der Waals surface area contributed by atoms with E-state index in [9.17, 15) is 14.4 Å². The minimum Gasteiger partial charge on any atom is -0.497 e. The Morgan fingerprint density at radius 2 is 1.67 bits per heavy atom. The first kappa shape index (κ1) is 22.2. The Labute approximate surface area is 195 Å². The van der Waals surface area contributed by atoms with Crippen molar-refractivity contribution in [1.82, 2.24) is 5.43 Å². The van der Waals surface area contributed by atoms with Crippen molar-refractivity contribution < 1.29 is 23.9 Å². The van der Waals surface area contributed by atoms with Gasteiger partial charge in [-0.15, -0.1) is 0 Å². The zero-order chi connectivity index (χ0) is 23.4. The molecule has 9 heteroatoms. The fourth-order valence-corrected chi connectivity index (χ4v) is 3.37. The van der Waals surface area contributed by atoms with Crippen LogP contribution in [0.15, 0.2) is 66.7 Å². The number of amides is 3. The molecule has 0 atom stereocenters. The summed E-state index contributed by atoms with van der Waals surface area (Å²) in [6.45, 7) is 0. The molecule has 3 aromatic rings. The number of ether oxygens (including phenoxy) is 2. The van der Waals surface area contributed by atoms with E-state index in [-0.39, 0.29) is 24.7 Å². The van der Waals surface area contributed by atoms with Gasteiger partial charge in [-0.3, -0.25) is 19.8 Å². The van der Waals surface area contributed by atoms with E-state index in [1.807, 2.05) is 0 Å². The number of rotatable bonds is 6. The van der Waals surface area contributed by atoms with Crippen LogP contribution in [-0.4, -0.2) is 24.8 Å². The van der Waals surface area contributed by atoms with E-state index < -0.39 is 5.91 Å². The predicted molar refractivity (Wildman–Crippen MR) is 124 cm³/mol. The maximum Gasteiger partial charge on any atom is 0.255 e. The van der Waals surface area contributed by atoms with E-state index in [4.69, 9.17) is 21.1 Å². The van der Waals surface area contributed by atoms with Gasteiger partial charge in [0, 0.05) is 23.4 Å². The molecule has 1 fully saturated rings. The van der Waals surface area contributed by atoms with Crippen LogP contribution in [0.3, 0.4) is 0 Å². The van der Waals surface area contributed by atoms with Crippen molar-refractivity contribution in [3.05, 3.63) is 77.3 Å². The van der Waals surface area contributed by atoms with Crippen LogP contribution in [0.4, 0.5) is 11.4 Å². The molecule has 33 heavy (non-hydrogen) atoms. The van der Waals surface area contributed by atoms with Gasteiger partial charge in [0.1, 0.15) is 11.5 Å². The summed E-state index contributed by atoms with van der Waals surface area (Å²) in [5.74, 6) is 0.828. The van der Waals surface area contributed by atoms with E-state index in [0.29, 0.717) is 39.2 Å². The Morgan fingerprint density at radius 3 is 2.36 bits per heavy atom. The molecule has 3 amide bonds. The van der Waals surface area contributed by atoms with Crippen LogP contribution in [0.1, 0.15) is 23.2 Å². The summed E-state index contributed by atoms with van der Waals surface area (Å²) in [6.07, 6.45) is 0.302. The summed E-state index contributed by atoms with van der Waals surface area (Å²) in [7, 11) is 1.58. The predicted octanol–water partition coefficient (Wildman–Crippen LogP) is 4.55. The van der Waals surface area contributed by atoms with E-state index >= 15 is 0 Å². The van der Waals surface area contributed by atoms with Gasteiger partial charge < -0.3 is 14.8 Å². The fraction of sp³-hybridized carbons (Fsp3) is 0.125. The first-order valence-electron chi connectivity index (χ1n) is 10.1. The van der Waals surface area contributed by atoms with E-state index in [0.717, 1.165) is 0 Å². The molecule has 0 unspecified atom stereocenters. The van der Waals surface area contributed by atoms with Crippen molar-refractivity contribution in [2.24, 2.45) is 0 Å². The van der Waals surface area contributed by atoms with Gasteiger partial charge in [-0.05, 0) is 66.7 Å². The van der Waals surface area contributed by atoms with Crippen molar-refractivity contribution >= 4 is 40.7 Å². The number of carbonyl (C=O) groups excluding carboxylic acids is 3. The number of methoxy groups -OCH3 is 1. The largest absolute Gasteiger partial charge is 0.497 e. The molecule has 1 aliphatic rings. The quantitative estimate of drug-likeness (QED) is 0.556. The lowest BCUT2D eigenvalue weighted by molar-refractivity contribution is -0.130. The van der Waals surface area contributed by atoms with Crippen LogP contribution in [0.25, 0.3) is 0 Å². The topological polar surface area (TPSA) is 97.0 Å². The van der Waals surface area contributed by atoms with Gasteiger partial charge in [-0.25, -0.2) is 5.01 Å². The molecule has 1 aliphatic heterocycles. The number of anilines is 2. The molecule has 1 heterocycles. The van der Waals surface area contributed by atoms with Gasteiger partial charge >= 0.3 is 0 Å². The lowest BCUT2D eigenvalue weighted by atomic mass is 10.1. The van der Waals surface area contributed by atoms with Crippen molar-refractivity contribution in [3.63, 3.8) is 0 Å². The Hall–Kier alpha value is -4.04. The second kappa shape index (κ2) is 9.62. The Bertz CT molecular complexity index is 1200. The summed E-state index contributed by atoms with van der Waals surface area (Å²) < 4.78 is 11.1. The monoisotopic (exact) mass is 465 g/mol. The highest BCUT2D eigenvalue weighted by molar-refractivity contribution is 6.31. The Kier molecular flexibility index (Phi) is 6.46. The number of hydrazine groups is 1. The first-order chi connectivity index (χ1) is 15.9. The number of hydrogen-bond acceptors (Lipinski definition) is 5. The van der Waals surface area contributed by atoms with E-state index in [1.54, 1.807) is 73.8 Å². The molecule has 4 rings (SSSR count). The van der Waals surface area contributed by atoms with Crippen LogP contribution in [0.5, 0.6) is 17.2 Å². The fourth-order valence-electron chi connectivity index (χ4n) is 3.20. The van der Waals surface area contributed by atoms with Gasteiger partial charge in [0.2, 0.25) is 11.8 Å². The Balaban J connectivity index is 1.50. The standard InChI is InChI=1S/C24H20ClN3O5/c1-32-18-7-9-19(10-8-18)33-21-11-4-16(25)14-20(21)26-24(31)15-2-5-17(6-3-15)28-23(30)13-12-22(29)27-28/h2-11,14H,12-13H2,1H3,(H,26,31)(H,27,29). The van der Waals surface area contributed by atoms with Crippen LogP contribution in [0.2, 0.25) is 5.02 Å². The highest BCUT2D eigenvalue weighted by Crippen LogP contribution is 2.33. The third kappa shape index (κ3) is 5.24. The van der Waals surface area contributed by atoms with Crippen LogP contribution in [0, 0.1) is 0 Å².